The van der Waals surface area contributed by atoms with Crippen LogP contribution >= 0.6 is 0 Å². The second-order valence-electron chi connectivity index (χ2n) is 2.58. The molecule has 0 aliphatic heterocycles. The predicted octanol–water partition coefficient (Wildman–Crippen LogP) is -3.49. The molecule has 0 saturated heterocycles. The number of carboxylic acids is 1. The van der Waals surface area contributed by atoms with Crippen molar-refractivity contribution in [3.8, 4) is 0 Å². The van der Waals surface area contributed by atoms with Gasteiger partial charge in [-0.05, 0) is 0 Å². The molecule has 0 aromatic rings. The van der Waals surface area contributed by atoms with Crippen molar-refractivity contribution < 1.29 is 35.4 Å². The van der Waals surface area contributed by atoms with Crippen molar-refractivity contribution in [2.45, 2.75) is 17.8 Å². The summed E-state index contributed by atoms with van der Waals surface area (Å²) in [5.41, 5.74) is -2.86. The Balaban J connectivity index is 4.65. The first kappa shape index (κ1) is 12.3. The van der Waals surface area contributed by atoms with Crippen LogP contribution < -0.4 is 0 Å². The van der Waals surface area contributed by atoms with E-state index in [0.29, 0.717) is 0 Å². The van der Waals surface area contributed by atoms with E-state index in [-0.39, 0.29) is 0 Å². The molecular formula is C6H12O7. The molecule has 0 aliphatic rings. The van der Waals surface area contributed by atoms with E-state index in [4.69, 9.17) is 30.6 Å². The predicted molar refractivity (Wildman–Crippen MR) is 38.8 cm³/mol. The summed E-state index contributed by atoms with van der Waals surface area (Å²) in [6.07, 6.45) is -3.98. The monoisotopic (exact) mass is 196 g/mol. The van der Waals surface area contributed by atoms with Crippen molar-refractivity contribution in [3.05, 3.63) is 0 Å². The maximum atomic E-state index is 10.4. The molecule has 0 fully saturated rings. The van der Waals surface area contributed by atoms with E-state index in [0.717, 1.165) is 0 Å². The maximum Gasteiger partial charge on any atom is 0.341 e. The van der Waals surface area contributed by atoms with Gasteiger partial charge < -0.3 is 30.6 Å². The van der Waals surface area contributed by atoms with Crippen LogP contribution in [0.4, 0.5) is 0 Å². The third-order valence-corrected chi connectivity index (χ3v) is 1.65. The number of carbonyl (C=O) groups is 1. The lowest BCUT2D eigenvalue weighted by molar-refractivity contribution is -0.191. The largest absolute Gasteiger partial charge is 0.479 e. The summed E-state index contributed by atoms with van der Waals surface area (Å²) in [5, 5.41) is 52.1. The Kier molecular flexibility index (Phi) is 4.24. The molecular weight excluding hydrogens is 184 g/mol. The first-order valence-corrected chi connectivity index (χ1v) is 3.43. The first-order chi connectivity index (χ1) is 5.90. The van der Waals surface area contributed by atoms with E-state index in [1.807, 2.05) is 0 Å². The lowest BCUT2D eigenvalue weighted by Crippen LogP contribution is -2.58. The fraction of sp³-hybridized carbons (Fsp3) is 0.833. The van der Waals surface area contributed by atoms with Crippen LogP contribution in [0, 0.1) is 0 Å². The van der Waals surface area contributed by atoms with Crippen LogP contribution in [0.15, 0.2) is 0 Å². The van der Waals surface area contributed by atoms with Gasteiger partial charge in [0.05, 0.1) is 13.2 Å². The van der Waals surface area contributed by atoms with Gasteiger partial charge in [-0.1, -0.05) is 0 Å². The summed E-state index contributed by atoms with van der Waals surface area (Å²) in [7, 11) is 0. The molecule has 0 unspecified atom stereocenters. The number of hydrogen-bond donors (Lipinski definition) is 6. The molecule has 7 heteroatoms. The smallest absolute Gasteiger partial charge is 0.341 e. The molecule has 0 aromatic heterocycles. The minimum absolute atomic E-state index is 0.920. The van der Waals surface area contributed by atoms with E-state index in [1.165, 1.54) is 0 Å². The summed E-state index contributed by atoms with van der Waals surface area (Å²) in [5.74, 6) is -1.88. The van der Waals surface area contributed by atoms with Gasteiger partial charge in [-0.25, -0.2) is 4.79 Å². The molecule has 6 N–H and O–H groups in total. The van der Waals surface area contributed by atoms with Gasteiger partial charge in [0.2, 0.25) is 5.60 Å². The number of hydrogen-bond acceptors (Lipinski definition) is 6. The summed E-state index contributed by atoms with van der Waals surface area (Å²) in [6.45, 7) is -2.18. The Morgan fingerprint density at radius 2 is 1.77 bits per heavy atom. The minimum Gasteiger partial charge on any atom is -0.479 e. The van der Waals surface area contributed by atoms with Gasteiger partial charge in [-0.3, -0.25) is 0 Å². The zero-order chi connectivity index (χ0) is 10.6. The summed E-state index contributed by atoms with van der Waals surface area (Å²) in [4.78, 5) is 10.4. The first-order valence-electron chi connectivity index (χ1n) is 3.43. The lowest BCUT2D eigenvalue weighted by Gasteiger charge is -2.29. The van der Waals surface area contributed by atoms with Crippen molar-refractivity contribution in [3.63, 3.8) is 0 Å². The standard InChI is InChI=1S/C6H12O7/c7-1-3(9)4(10)6(13,2-8)5(11)12/h3-4,7-10,13H,1-2H2,(H,11,12)/t3-,4-,6+/m0/s1. The average Bonchev–Trinajstić information content (AvgIpc) is 2.13. The van der Waals surface area contributed by atoms with Crippen LogP contribution in [0.2, 0.25) is 0 Å². The van der Waals surface area contributed by atoms with Crippen LogP contribution in [0.5, 0.6) is 0 Å². The van der Waals surface area contributed by atoms with Crippen molar-refractivity contribution in [1.82, 2.24) is 0 Å². The molecule has 7 nitrogen and oxygen atoms in total. The van der Waals surface area contributed by atoms with Crippen molar-refractivity contribution in [1.29, 1.82) is 0 Å². The lowest BCUT2D eigenvalue weighted by atomic mass is 9.94. The van der Waals surface area contributed by atoms with Crippen LogP contribution in [0.25, 0.3) is 0 Å². The van der Waals surface area contributed by atoms with E-state index in [9.17, 15) is 4.79 Å². The molecule has 0 aliphatic carbocycles. The zero-order valence-electron chi connectivity index (χ0n) is 6.66. The Labute approximate surface area is 73.5 Å². The third-order valence-electron chi connectivity index (χ3n) is 1.65. The molecule has 0 spiro atoms. The number of aliphatic hydroxyl groups excluding tert-OH is 4. The van der Waals surface area contributed by atoms with Gasteiger partial charge in [-0.2, -0.15) is 0 Å². The Bertz CT molecular complexity index is 182. The van der Waals surface area contributed by atoms with E-state index >= 15 is 0 Å². The second kappa shape index (κ2) is 4.49. The Hall–Kier alpha value is -0.730. The number of carboxylic acid groups (broad SMARTS) is 1. The quantitative estimate of drug-likeness (QED) is 0.268. The Morgan fingerprint density at radius 1 is 1.31 bits per heavy atom. The van der Waals surface area contributed by atoms with Crippen LogP contribution in [-0.2, 0) is 4.79 Å². The summed E-state index contributed by atoms with van der Waals surface area (Å²) < 4.78 is 0. The van der Waals surface area contributed by atoms with E-state index < -0.39 is 37.0 Å². The fourth-order valence-electron chi connectivity index (χ4n) is 0.706. The van der Waals surface area contributed by atoms with Gasteiger partial charge >= 0.3 is 5.97 Å². The maximum absolute atomic E-state index is 10.4. The summed E-state index contributed by atoms with van der Waals surface area (Å²) in [6, 6.07) is 0. The fourth-order valence-corrected chi connectivity index (χ4v) is 0.706. The highest BCUT2D eigenvalue weighted by molar-refractivity contribution is 5.78. The van der Waals surface area contributed by atoms with E-state index in [2.05, 4.69) is 0 Å². The molecule has 0 heterocycles. The van der Waals surface area contributed by atoms with Gasteiger partial charge in [-0.15, -0.1) is 0 Å². The van der Waals surface area contributed by atoms with Crippen molar-refractivity contribution >= 4 is 5.97 Å². The van der Waals surface area contributed by atoms with Gasteiger partial charge in [0.1, 0.15) is 12.2 Å². The Morgan fingerprint density at radius 3 is 2.00 bits per heavy atom. The molecule has 13 heavy (non-hydrogen) atoms. The molecule has 3 atom stereocenters. The number of aliphatic hydroxyl groups is 5. The summed E-state index contributed by atoms with van der Waals surface area (Å²) >= 11 is 0. The van der Waals surface area contributed by atoms with Crippen molar-refractivity contribution in [2.24, 2.45) is 0 Å². The highest BCUT2D eigenvalue weighted by atomic mass is 16.4. The van der Waals surface area contributed by atoms with Crippen molar-refractivity contribution in [2.75, 3.05) is 13.2 Å². The molecule has 0 radical (unpaired) electrons. The molecule has 78 valence electrons. The molecule has 0 bridgehead atoms. The average molecular weight is 196 g/mol. The van der Waals surface area contributed by atoms with Gasteiger partial charge in [0.15, 0.2) is 0 Å². The molecule has 0 aromatic carbocycles. The van der Waals surface area contributed by atoms with Crippen LogP contribution in [-0.4, -0.2) is 67.6 Å². The van der Waals surface area contributed by atoms with Gasteiger partial charge in [0.25, 0.3) is 0 Å². The highest BCUT2D eigenvalue weighted by Gasteiger charge is 2.46. The molecule has 0 amide bonds. The molecule has 0 rings (SSSR count). The third kappa shape index (κ3) is 2.36. The second-order valence-corrected chi connectivity index (χ2v) is 2.58. The number of rotatable bonds is 5. The topological polar surface area (TPSA) is 138 Å². The van der Waals surface area contributed by atoms with Crippen LogP contribution in [0.3, 0.4) is 0 Å². The SMILES string of the molecule is O=C(O)[C@@](O)(CO)[C@@H](O)[C@@H](O)CO. The number of aliphatic carboxylic acids is 1. The minimum atomic E-state index is -2.86. The van der Waals surface area contributed by atoms with Crippen LogP contribution in [0.1, 0.15) is 0 Å². The normalized spacial score (nSPS) is 20.4. The highest BCUT2D eigenvalue weighted by Crippen LogP contribution is 2.13. The molecule has 0 saturated carbocycles. The van der Waals surface area contributed by atoms with E-state index in [1.54, 1.807) is 0 Å². The van der Waals surface area contributed by atoms with Gasteiger partial charge in [0, 0.05) is 0 Å². The zero-order valence-corrected chi connectivity index (χ0v) is 6.66.